The summed E-state index contributed by atoms with van der Waals surface area (Å²) in [6.45, 7) is 7.70. The molecule has 1 aromatic rings. The van der Waals surface area contributed by atoms with Crippen LogP contribution in [-0.4, -0.2) is 20.0 Å². The number of hydrogen-bond acceptors (Lipinski definition) is 4. The molecule has 2 N–H and O–H groups in total. The van der Waals surface area contributed by atoms with E-state index in [2.05, 4.69) is 35.5 Å². The molecule has 0 unspecified atom stereocenters. The molecule has 0 spiro atoms. The van der Waals surface area contributed by atoms with Crippen molar-refractivity contribution in [3.63, 3.8) is 0 Å². The van der Waals surface area contributed by atoms with Crippen molar-refractivity contribution >= 4 is 11.8 Å². The van der Waals surface area contributed by atoms with Crippen molar-refractivity contribution in [2.75, 3.05) is 0 Å². The number of nitrogens with zero attached hydrogens (tertiary/aromatic N) is 3. The summed E-state index contributed by atoms with van der Waals surface area (Å²) in [6.07, 6.45) is 0. The van der Waals surface area contributed by atoms with Crippen LogP contribution in [0.2, 0.25) is 0 Å². The van der Waals surface area contributed by atoms with Gasteiger partial charge in [0.1, 0.15) is 5.82 Å². The molecule has 74 valence electrons. The summed E-state index contributed by atoms with van der Waals surface area (Å²) in [4.78, 5) is 0. The average Bonchev–Trinajstić information content (AvgIpc) is 2.45. The zero-order chi connectivity index (χ0) is 9.84. The minimum Gasteiger partial charge on any atom is -0.324 e. The van der Waals surface area contributed by atoms with E-state index < -0.39 is 0 Å². The predicted molar refractivity (Wildman–Crippen MR) is 54.6 cm³/mol. The molecule has 5 heteroatoms. The number of hydrogen-bond donors (Lipinski definition) is 1. The van der Waals surface area contributed by atoms with Gasteiger partial charge < -0.3 is 10.3 Å². The Morgan fingerprint density at radius 1 is 1.46 bits per heavy atom. The van der Waals surface area contributed by atoms with E-state index in [-0.39, 0.29) is 0 Å². The molecule has 1 aromatic heterocycles. The van der Waals surface area contributed by atoms with Crippen LogP contribution in [-0.2, 0) is 13.1 Å². The van der Waals surface area contributed by atoms with Crippen molar-refractivity contribution < 1.29 is 0 Å². The number of rotatable bonds is 4. The maximum atomic E-state index is 5.54. The number of thioether (sulfide) groups is 1. The standard InChI is InChI=1S/C8H16N4S/c1-4-12-7(5-9)10-11-8(12)13-6(2)3/h6H,4-5,9H2,1-3H3. The quantitative estimate of drug-likeness (QED) is 0.743. The van der Waals surface area contributed by atoms with Crippen LogP contribution in [0.5, 0.6) is 0 Å². The maximum Gasteiger partial charge on any atom is 0.191 e. The zero-order valence-corrected chi connectivity index (χ0v) is 9.14. The SMILES string of the molecule is CCn1c(CN)nnc1SC(C)C. The van der Waals surface area contributed by atoms with E-state index in [1.54, 1.807) is 11.8 Å². The van der Waals surface area contributed by atoms with E-state index in [0.29, 0.717) is 11.8 Å². The van der Waals surface area contributed by atoms with E-state index >= 15 is 0 Å². The van der Waals surface area contributed by atoms with Crippen LogP contribution in [0.3, 0.4) is 0 Å². The van der Waals surface area contributed by atoms with Crippen molar-refractivity contribution in [1.82, 2.24) is 14.8 Å². The second-order valence-corrected chi connectivity index (χ2v) is 4.56. The first kappa shape index (κ1) is 10.5. The Morgan fingerprint density at radius 2 is 2.15 bits per heavy atom. The molecule has 0 aliphatic carbocycles. The molecule has 0 saturated heterocycles. The van der Waals surface area contributed by atoms with Crippen LogP contribution >= 0.6 is 11.8 Å². The van der Waals surface area contributed by atoms with Gasteiger partial charge in [0.05, 0.1) is 6.54 Å². The van der Waals surface area contributed by atoms with Gasteiger partial charge in [0.2, 0.25) is 0 Å². The molecule has 4 nitrogen and oxygen atoms in total. The van der Waals surface area contributed by atoms with Gasteiger partial charge in [-0.2, -0.15) is 0 Å². The van der Waals surface area contributed by atoms with Gasteiger partial charge in [-0.05, 0) is 6.92 Å². The molecule has 0 amide bonds. The van der Waals surface area contributed by atoms with E-state index in [1.165, 1.54) is 0 Å². The summed E-state index contributed by atoms with van der Waals surface area (Å²) in [7, 11) is 0. The lowest BCUT2D eigenvalue weighted by Gasteiger charge is -2.06. The summed E-state index contributed by atoms with van der Waals surface area (Å²) >= 11 is 1.72. The zero-order valence-electron chi connectivity index (χ0n) is 8.32. The molecule has 13 heavy (non-hydrogen) atoms. The van der Waals surface area contributed by atoms with Crippen LogP contribution in [0.25, 0.3) is 0 Å². The van der Waals surface area contributed by atoms with Crippen LogP contribution in [0.15, 0.2) is 5.16 Å². The fraction of sp³-hybridized carbons (Fsp3) is 0.750. The van der Waals surface area contributed by atoms with Gasteiger partial charge in [-0.1, -0.05) is 25.6 Å². The Balaban J connectivity index is 2.87. The second kappa shape index (κ2) is 4.62. The molecule has 0 atom stereocenters. The molecule has 0 fully saturated rings. The molecule has 0 aliphatic rings. The fourth-order valence-corrected chi connectivity index (χ4v) is 1.96. The molecule has 0 aliphatic heterocycles. The Morgan fingerprint density at radius 3 is 2.62 bits per heavy atom. The smallest absolute Gasteiger partial charge is 0.191 e. The lowest BCUT2D eigenvalue weighted by Crippen LogP contribution is -2.08. The second-order valence-electron chi connectivity index (χ2n) is 3.01. The van der Waals surface area contributed by atoms with Gasteiger partial charge in [-0.25, -0.2) is 0 Å². The van der Waals surface area contributed by atoms with Gasteiger partial charge in [0.25, 0.3) is 0 Å². The molecule has 0 bridgehead atoms. The normalized spacial score (nSPS) is 11.2. The van der Waals surface area contributed by atoms with Gasteiger partial charge >= 0.3 is 0 Å². The summed E-state index contributed by atoms with van der Waals surface area (Å²) in [5.74, 6) is 0.866. The first-order chi connectivity index (χ1) is 6.19. The van der Waals surface area contributed by atoms with Crippen LogP contribution in [0.1, 0.15) is 26.6 Å². The fourth-order valence-electron chi connectivity index (χ4n) is 1.09. The minimum absolute atomic E-state index is 0.458. The first-order valence-corrected chi connectivity index (χ1v) is 5.35. The third kappa shape index (κ3) is 2.45. The Kier molecular flexibility index (Phi) is 3.74. The Hall–Kier alpha value is -0.550. The molecule has 1 heterocycles. The van der Waals surface area contributed by atoms with Crippen molar-refractivity contribution in [1.29, 1.82) is 0 Å². The first-order valence-electron chi connectivity index (χ1n) is 4.47. The van der Waals surface area contributed by atoms with Crippen LogP contribution in [0.4, 0.5) is 0 Å². The van der Waals surface area contributed by atoms with Gasteiger partial charge in [0, 0.05) is 11.8 Å². The van der Waals surface area contributed by atoms with E-state index in [9.17, 15) is 0 Å². The largest absolute Gasteiger partial charge is 0.324 e. The van der Waals surface area contributed by atoms with Crippen molar-refractivity contribution in [3.8, 4) is 0 Å². The Labute approximate surface area is 82.9 Å². The van der Waals surface area contributed by atoms with Gasteiger partial charge in [0.15, 0.2) is 5.16 Å². The van der Waals surface area contributed by atoms with Crippen molar-refractivity contribution in [2.24, 2.45) is 5.73 Å². The van der Waals surface area contributed by atoms with Gasteiger partial charge in [-0.3, -0.25) is 0 Å². The number of nitrogens with two attached hydrogens (primary N) is 1. The summed E-state index contributed by atoms with van der Waals surface area (Å²) in [6, 6.07) is 0. The molecule has 0 aromatic carbocycles. The van der Waals surface area contributed by atoms with Crippen molar-refractivity contribution in [3.05, 3.63) is 5.82 Å². The van der Waals surface area contributed by atoms with E-state index in [4.69, 9.17) is 5.73 Å². The topological polar surface area (TPSA) is 56.7 Å². The maximum absolute atomic E-state index is 5.54. The highest BCUT2D eigenvalue weighted by molar-refractivity contribution is 7.99. The van der Waals surface area contributed by atoms with Crippen LogP contribution in [0, 0.1) is 0 Å². The third-order valence-corrected chi connectivity index (χ3v) is 2.62. The minimum atomic E-state index is 0.458. The highest BCUT2D eigenvalue weighted by Gasteiger charge is 2.10. The number of aromatic nitrogens is 3. The van der Waals surface area contributed by atoms with E-state index in [0.717, 1.165) is 17.5 Å². The van der Waals surface area contributed by atoms with E-state index in [1.807, 2.05) is 0 Å². The lowest BCUT2D eigenvalue weighted by molar-refractivity contribution is 0.642. The highest BCUT2D eigenvalue weighted by Crippen LogP contribution is 2.21. The molecular formula is C8H16N4S. The molecule has 0 saturated carbocycles. The van der Waals surface area contributed by atoms with Crippen LogP contribution < -0.4 is 5.73 Å². The monoisotopic (exact) mass is 200 g/mol. The average molecular weight is 200 g/mol. The molecule has 0 radical (unpaired) electrons. The summed E-state index contributed by atoms with van der Waals surface area (Å²) < 4.78 is 2.06. The molecular weight excluding hydrogens is 184 g/mol. The molecule has 1 rings (SSSR count). The summed E-state index contributed by atoms with van der Waals surface area (Å²) in [5, 5.41) is 9.62. The summed E-state index contributed by atoms with van der Waals surface area (Å²) in [5.41, 5.74) is 5.54. The Bertz CT molecular complexity index is 269. The van der Waals surface area contributed by atoms with Gasteiger partial charge in [-0.15, -0.1) is 10.2 Å². The van der Waals surface area contributed by atoms with Crippen molar-refractivity contribution in [2.45, 2.75) is 44.3 Å². The highest BCUT2D eigenvalue weighted by atomic mass is 32.2. The predicted octanol–water partition coefficient (Wildman–Crippen LogP) is 1.26. The lowest BCUT2D eigenvalue weighted by atomic mass is 10.6. The third-order valence-electron chi connectivity index (χ3n) is 1.63.